The Labute approximate surface area is 159 Å². The zero-order chi connectivity index (χ0) is 19.5. The number of fused-ring (bicyclic) bond motifs is 1. The van der Waals surface area contributed by atoms with Gasteiger partial charge < -0.3 is 0 Å². The highest BCUT2D eigenvalue weighted by Crippen LogP contribution is 2.19. The first-order valence-electron chi connectivity index (χ1n) is 8.49. The highest BCUT2D eigenvalue weighted by molar-refractivity contribution is 5.82. The zero-order valence-electron chi connectivity index (χ0n) is 14.6. The van der Waals surface area contributed by atoms with Gasteiger partial charge in [-0.25, -0.2) is 4.98 Å². The molecule has 0 fully saturated rings. The molecule has 4 rings (SSSR count). The molecule has 0 aliphatic carbocycles. The van der Waals surface area contributed by atoms with Crippen molar-refractivity contribution in [3.8, 4) is 11.4 Å². The molecule has 1 heterocycles. The van der Waals surface area contributed by atoms with E-state index in [-0.39, 0.29) is 11.2 Å². The fourth-order valence-electron chi connectivity index (χ4n) is 2.85. The van der Waals surface area contributed by atoms with Crippen LogP contribution in [0.25, 0.3) is 22.3 Å². The van der Waals surface area contributed by atoms with Crippen LogP contribution in [0, 0.1) is 10.1 Å². The van der Waals surface area contributed by atoms with E-state index in [0.717, 1.165) is 5.56 Å². The smallest absolute Gasteiger partial charge is 0.267 e. The minimum atomic E-state index is -0.476. The average molecular weight is 370 g/mol. The van der Waals surface area contributed by atoms with Crippen LogP contribution in [-0.2, 0) is 0 Å². The van der Waals surface area contributed by atoms with Crippen LogP contribution in [0.3, 0.4) is 0 Å². The van der Waals surface area contributed by atoms with Gasteiger partial charge in [0.05, 0.1) is 22.0 Å². The van der Waals surface area contributed by atoms with Crippen LogP contribution in [0.15, 0.2) is 88.8 Å². The van der Waals surface area contributed by atoms with Crippen molar-refractivity contribution >= 4 is 22.8 Å². The highest BCUT2D eigenvalue weighted by atomic mass is 16.6. The number of non-ortho nitro benzene ring substituents is 1. The van der Waals surface area contributed by atoms with E-state index in [2.05, 4.69) is 10.1 Å². The first kappa shape index (κ1) is 17.3. The number of nitro benzene ring substituents is 1. The van der Waals surface area contributed by atoms with Gasteiger partial charge in [-0.1, -0.05) is 54.6 Å². The lowest BCUT2D eigenvalue weighted by Crippen LogP contribution is -2.20. The molecule has 3 aromatic carbocycles. The predicted octanol–water partition coefficient (Wildman–Crippen LogP) is 3.85. The summed E-state index contributed by atoms with van der Waals surface area (Å²) in [5.41, 5.74) is 1.46. The van der Waals surface area contributed by atoms with Crippen LogP contribution in [0.1, 0.15) is 5.56 Å². The maximum absolute atomic E-state index is 13.0. The lowest BCUT2D eigenvalue weighted by molar-refractivity contribution is -0.384. The number of rotatable bonds is 4. The van der Waals surface area contributed by atoms with E-state index in [1.54, 1.807) is 30.3 Å². The number of nitro groups is 1. The lowest BCUT2D eigenvalue weighted by Gasteiger charge is -2.09. The Morgan fingerprint density at radius 3 is 2.50 bits per heavy atom. The molecule has 28 heavy (non-hydrogen) atoms. The van der Waals surface area contributed by atoms with Gasteiger partial charge in [0.1, 0.15) is 0 Å². The third-order valence-electron chi connectivity index (χ3n) is 4.19. The zero-order valence-corrected chi connectivity index (χ0v) is 14.6. The molecule has 0 spiro atoms. The largest absolute Gasteiger partial charge is 0.282 e. The van der Waals surface area contributed by atoms with E-state index >= 15 is 0 Å². The quantitative estimate of drug-likeness (QED) is 0.310. The molecule has 0 saturated heterocycles. The Bertz CT molecular complexity index is 1260. The summed E-state index contributed by atoms with van der Waals surface area (Å²) < 4.78 is 1.22. The monoisotopic (exact) mass is 370 g/mol. The highest BCUT2D eigenvalue weighted by Gasteiger charge is 2.12. The number of para-hydroxylation sites is 1. The first-order chi connectivity index (χ1) is 13.6. The molecule has 7 nitrogen and oxygen atoms in total. The van der Waals surface area contributed by atoms with Crippen LogP contribution in [-0.4, -0.2) is 20.8 Å². The molecule has 0 aliphatic heterocycles. The van der Waals surface area contributed by atoms with Crippen molar-refractivity contribution < 1.29 is 4.92 Å². The van der Waals surface area contributed by atoms with Crippen molar-refractivity contribution in [1.29, 1.82) is 0 Å². The van der Waals surface area contributed by atoms with Crippen LogP contribution in [0.2, 0.25) is 0 Å². The van der Waals surface area contributed by atoms with Gasteiger partial charge in [-0.05, 0) is 12.1 Å². The van der Waals surface area contributed by atoms with Crippen molar-refractivity contribution in [2.24, 2.45) is 5.10 Å². The summed E-state index contributed by atoms with van der Waals surface area (Å²) in [6.07, 6.45) is 1.41. The average Bonchev–Trinajstić information content (AvgIpc) is 2.74. The maximum atomic E-state index is 13.0. The number of hydrogen-bond acceptors (Lipinski definition) is 5. The van der Waals surface area contributed by atoms with Crippen molar-refractivity contribution in [2.45, 2.75) is 0 Å². The molecular formula is C21H14N4O3. The van der Waals surface area contributed by atoms with Gasteiger partial charge in [0.2, 0.25) is 0 Å². The molecule has 0 amide bonds. The Balaban J connectivity index is 1.90. The van der Waals surface area contributed by atoms with E-state index in [9.17, 15) is 14.9 Å². The Morgan fingerprint density at radius 2 is 1.71 bits per heavy atom. The minimum Gasteiger partial charge on any atom is -0.267 e. The maximum Gasteiger partial charge on any atom is 0.282 e. The van der Waals surface area contributed by atoms with E-state index in [4.69, 9.17) is 0 Å². The molecule has 0 radical (unpaired) electrons. The van der Waals surface area contributed by atoms with Gasteiger partial charge in [-0.3, -0.25) is 14.9 Å². The van der Waals surface area contributed by atoms with Crippen LogP contribution < -0.4 is 5.56 Å². The Kier molecular flexibility index (Phi) is 4.47. The molecule has 0 bridgehead atoms. The summed E-state index contributed by atoms with van der Waals surface area (Å²) >= 11 is 0. The topological polar surface area (TPSA) is 90.4 Å². The number of hydrogen-bond donors (Lipinski definition) is 0. The van der Waals surface area contributed by atoms with Crippen molar-refractivity contribution in [2.75, 3.05) is 0 Å². The molecule has 7 heteroatoms. The number of aromatic nitrogens is 2. The van der Waals surface area contributed by atoms with Crippen LogP contribution in [0.4, 0.5) is 5.69 Å². The van der Waals surface area contributed by atoms with Crippen molar-refractivity contribution in [1.82, 2.24) is 9.66 Å². The summed E-state index contributed by atoms with van der Waals surface area (Å²) in [5.74, 6) is 0.394. The van der Waals surface area contributed by atoms with Crippen LogP contribution >= 0.6 is 0 Å². The Morgan fingerprint density at radius 1 is 0.964 bits per heavy atom. The number of nitrogens with zero attached hydrogens (tertiary/aromatic N) is 4. The third kappa shape index (κ3) is 3.28. The predicted molar refractivity (Wildman–Crippen MR) is 108 cm³/mol. The lowest BCUT2D eigenvalue weighted by atomic mass is 10.2. The van der Waals surface area contributed by atoms with E-state index < -0.39 is 4.92 Å². The molecule has 0 saturated carbocycles. The second-order valence-electron chi connectivity index (χ2n) is 6.03. The van der Waals surface area contributed by atoms with E-state index in [1.807, 2.05) is 36.4 Å². The molecule has 4 aromatic rings. The molecule has 0 aliphatic rings. The van der Waals surface area contributed by atoms with Gasteiger partial charge in [0.25, 0.3) is 11.2 Å². The molecule has 0 atom stereocenters. The fourth-order valence-corrected chi connectivity index (χ4v) is 2.85. The summed E-state index contributed by atoms with van der Waals surface area (Å²) in [4.78, 5) is 28.1. The van der Waals surface area contributed by atoms with Crippen molar-refractivity contribution in [3.05, 3.63) is 105 Å². The summed E-state index contributed by atoms with van der Waals surface area (Å²) in [6, 6.07) is 22.4. The molecular weight excluding hydrogens is 356 g/mol. The molecule has 0 unspecified atom stereocenters. The fraction of sp³-hybridized carbons (Fsp3) is 0. The Hall–Kier alpha value is -4.13. The summed E-state index contributed by atoms with van der Waals surface area (Å²) in [5, 5.41) is 15.7. The second kappa shape index (κ2) is 7.24. The summed E-state index contributed by atoms with van der Waals surface area (Å²) in [6.45, 7) is 0. The molecule has 136 valence electrons. The molecule has 0 N–H and O–H groups in total. The minimum absolute atomic E-state index is 0.0452. The van der Waals surface area contributed by atoms with Gasteiger partial charge >= 0.3 is 0 Å². The van der Waals surface area contributed by atoms with E-state index in [0.29, 0.717) is 22.3 Å². The summed E-state index contributed by atoms with van der Waals surface area (Å²) in [7, 11) is 0. The van der Waals surface area contributed by atoms with E-state index in [1.165, 1.54) is 23.0 Å². The first-order valence-corrected chi connectivity index (χ1v) is 8.49. The van der Waals surface area contributed by atoms with Gasteiger partial charge in [-0.15, -0.1) is 0 Å². The van der Waals surface area contributed by atoms with Gasteiger partial charge in [-0.2, -0.15) is 9.78 Å². The van der Waals surface area contributed by atoms with Crippen molar-refractivity contribution in [3.63, 3.8) is 0 Å². The van der Waals surface area contributed by atoms with Gasteiger partial charge in [0.15, 0.2) is 5.82 Å². The van der Waals surface area contributed by atoms with Gasteiger partial charge in [0, 0.05) is 23.3 Å². The normalized spacial score (nSPS) is 11.1. The third-order valence-corrected chi connectivity index (χ3v) is 4.19. The SMILES string of the molecule is O=c1c2ccccc2nc(-c2ccccc2)n1/N=C/c1cccc([N+](=O)[O-])c1. The van der Waals surface area contributed by atoms with Crippen LogP contribution in [0.5, 0.6) is 0 Å². The number of benzene rings is 3. The molecule has 1 aromatic heterocycles. The standard InChI is InChI=1S/C21H14N4O3/c26-21-18-11-4-5-12-19(18)23-20(16-8-2-1-3-9-16)24(21)22-14-15-7-6-10-17(13-15)25(27)28/h1-14H/b22-14+. The second-order valence-corrected chi connectivity index (χ2v) is 6.03.